The largest absolute Gasteiger partial charge is 0.398 e. The van der Waals surface area contributed by atoms with Crippen molar-refractivity contribution in [2.45, 2.75) is 31.6 Å². The number of nitrogens with zero attached hydrogens (tertiary/aromatic N) is 1. The normalized spacial score (nSPS) is 12.0. The minimum Gasteiger partial charge on any atom is -0.398 e. The predicted octanol–water partition coefficient (Wildman–Crippen LogP) is 2.73. The van der Waals surface area contributed by atoms with Crippen molar-refractivity contribution in [3.05, 3.63) is 23.2 Å². The van der Waals surface area contributed by atoms with Gasteiger partial charge in [-0.3, -0.25) is 0 Å². The Bertz CT molecular complexity index is 503. The highest BCUT2D eigenvalue weighted by Gasteiger charge is 2.22. The van der Waals surface area contributed by atoms with Crippen molar-refractivity contribution in [2.75, 3.05) is 18.8 Å². The second-order valence-corrected chi connectivity index (χ2v) is 6.38. The molecule has 102 valence electrons. The van der Waals surface area contributed by atoms with Crippen molar-refractivity contribution >= 4 is 27.3 Å². The Morgan fingerprint density at radius 3 is 2.50 bits per heavy atom. The summed E-state index contributed by atoms with van der Waals surface area (Å²) in [5, 5.41) is 0.266. The van der Waals surface area contributed by atoms with E-state index in [2.05, 4.69) is 0 Å². The molecule has 18 heavy (non-hydrogen) atoms. The van der Waals surface area contributed by atoms with Crippen molar-refractivity contribution in [1.29, 1.82) is 0 Å². The van der Waals surface area contributed by atoms with E-state index >= 15 is 0 Å². The Morgan fingerprint density at radius 1 is 1.33 bits per heavy atom. The summed E-state index contributed by atoms with van der Waals surface area (Å²) in [6.07, 6.45) is 1.80. The molecule has 1 rings (SSSR count). The van der Waals surface area contributed by atoms with Gasteiger partial charge in [0.1, 0.15) is 0 Å². The zero-order valence-electron chi connectivity index (χ0n) is 10.7. The van der Waals surface area contributed by atoms with Crippen LogP contribution >= 0.6 is 11.6 Å². The van der Waals surface area contributed by atoms with Gasteiger partial charge in [-0.2, -0.15) is 4.31 Å². The number of unbranched alkanes of at least 4 members (excludes halogenated alkanes) is 1. The van der Waals surface area contributed by atoms with Crippen molar-refractivity contribution < 1.29 is 8.42 Å². The third-order valence-corrected chi connectivity index (χ3v) is 5.02. The maximum Gasteiger partial charge on any atom is 0.243 e. The van der Waals surface area contributed by atoms with Gasteiger partial charge >= 0.3 is 0 Å². The lowest BCUT2D eigenvalue weighted by atomic mass is 10.3. The Balaban J connectivity index is 3.06. The third-order valence-electron chi connectivity index (χ3n) is 2.72. The van der Waals surface area contributed by atoms with Gasteiger partial charge in [0.15, 0.2) is 0 Å². The van der Waals surface area contributed by atoms with Crippen LogP contribution in [0.5, 0.6) is 0 Å². The molecule has 6 heteroatoms. The summed E-state index contributed by atoms with van der Waals surface area (Å²) in [5.74, 6) is 0. The zero-order chi connectivity index (χ0) is 13.8. The first-order chi connectivity index (χ1) is 8.43. The Labute approximate surface area is 114 Å². The molecule has 0 bridgehead atoms. The summed E-state index contributed by atoms with van der Waals surface area (Å²) in [4.78, 5) is 0.194. The lowest BCUT2D eigenvalue weighted by Gasteiger charge is -2.20. The topological polar surface area (TPSA) is 63.4 Å². The molecule has 0 spiro atoms. The van der Waals surface area contributed by atoms with E-state index in [0.29, 0.717) is 18.8 Å². The first-order valence-corrected chi connectivity index (χ1v) is 7.80. The van der Waals surface area contributed by atoms with Crippen LogP contribution in [0.1, 0.15) is 26.7 Å². The van der Waals surface area contributed by atoms with Gasteiger partial charge in [-0.1, -0.05) is 31.9 Å². The van der Waals surface area contributed by atoms with Crippen molar-refractivity contribution in [2.24, 2.45) is 0 Å². The van der Waals surface area contributed by atoms with Crippen molar-refractivity contribution in [1.82, 2.24) is 4.31 Å². The smallest absolute Gasteiger partial charge is 0.243 e. The Kier molecular flexibility index (Phi) is 5.44. The van der Waals surface area contributed by atoms with Crippen molar-refractivity contribution in [3.63, 3.8) is 0 Å². The molecule has 2 N–H and O–H groups in total. The molecule has 0 saturated carbocycles. The Hall–Kier alpha value is -0.780. The van der Waals surface area contributed by atoms with E-state index in [1.807, 2.05) is 13.8 Å². The van der Waals surface area contributed by atoms with Gasteiger partial charge in [-0.15, -0.1) is 0 Å². The maximum absolute atomic E-state index is 12.4. The fourth-order valence-electron chi connectivity index (χ4n) is 1.60. The first kappa shape index (κ1) is 15.3. The van der Waals surface area contributed by atoms with E-state index in [4.69, 9.17) is 17.3 Å². The molecular formula is C12H19ClN2O2S. The van der Waals surface area contributed by atoms with E-state index < -0.39 is 10.0 Å². The number of nitrogen functional groups attached to an aromatic ring is 1. The Morgan fingerprint density at radius 2 is 2.00 bits per heavy atom. The molecule has 0 saturated heterocycles. The molecule has 0 aliphatic carbocycles. The molecular weight excluding hydrogens is 272 g/mol. The highest BCUT2D eigenvalue weighted by Crippen LogP contribution is 2.24. The van der Waals surface area contributed by atoms with Gasteiger partial charge in [0.05, 0.1) is 15.6 Å². The number of anilines is 1. The molecule has 1 aromatic rings. The fourth-order valence-corrected chi connectivity index (χ4v) is 3.36. The number of halogens is 1. The van der Waals surface area contributed by atoms with E-state index in [0.717, 1.165) is 12.8 Å². The van der Waals surface area contributed by atoms with Gasteiger partial charge in [0.25, 0.3) is 0 Å². The van der Waals surface area contributed by atoms with Gasteiger partial charge in [0.2, 0.25) is 10.0 Å². The fraction of sp³-hybridized carbons (Fsp3) is 0.500. The standard InChI is InChI=1S/C12H19ClN2O2S/c1-3-5-8-15(4-2)18(16,17)10-6-7-12(14)11(13)9-10/h6-7,9H,3-5,8,14H2,1-2H3. The summed E-state index contributed by atoms with van der Waals surface area (Å²) in [6.45, 7) is 4.83. The maximum atomic E-state index is 12.4. The van der Waals surface area contributed by atoms with Crippen LogP contribution in [0.15, 0.2) is 23.1 Å². The molecule has 0 heterocycles. The third kappa shape index (κ3) is 3.37. The summed E-state index contributed by atoms with van der Waals surface area (Å²) in [7, 11) is -3.47. The van der Waals surface area contributed by atoms with Gasteiger partial charge in [-0.05, 0) is 24.6 Å². The second kappa shape index (κ2) is 6.41. The summed E-state index contributed by atoms with van der Waals surface area (Å²) in [5.41, 5.74) is 5.96. The average molecular weight is 291 g/mol. The highest BCUT2D eigenvalue weighted by molar-refractivity contribution is 7.89. The van der Waals surface area contributed by atoms with E-state index in [9.17, 15) is 8.42 Å². The summed E-state index contributed by atoms with van der Waals surface area (Å²) >= 11 is 5.86. The van der Waals surface area contributed by atoms with Crippen LogP contribution in [0.4, 0.5) is 5.69 Å². The monoisotopic (exact) mass is 290 g/mol. The molecule has 0 unspecified atom stereocenters. The quantitative estimate of drug-likeness (QED) is 0.819. The van der Waals surface area contributed by atoms with Crippen LogP contribution in [0.3, 0.4) is 0 Å². The number of rotatable bonds is 6. The number of nitrogens with two attached hydrogens (primary N) is 1. The van der Waals surface area contributed by atoms with Crippen LogP contribution in [-0.2, 0) is 10.0 Å². The van der Waals surface area contributed by atoms with Crippen LogP contribution < -0.4 is 5.73 Å². The average Bonchev–Trinajstić information content (AvgIpc) is 2.33. The molecule has 0 aliphatic rings. The van der Waals surface area contributed by atoms with E-state index in [1.165, 1.54) is 22.5 Å². The molecule has 0 radical (unpaired) electrons. The van der Waals surface area contributed by atoms with Crippen LogP contribution in [0.25, 0.3) is 0 Å². The molecule has 0 fully saturated rings. The minimum atomic E-state index is -3.47. The lowest BCUT2D eigenvalue weighted by molar-refractivity contribution is 0.419. The SMILES string of the molecule is CCCCN(CC)S(=O)(=O)c1ccc(N)c(Cl)c1. The van der Waals surface area contributed by atoms with Crippen LogP contribution in [0.2, 0.25) is 5.02 Å². The van der Waals surface area contributed by atoms with E-state index in [1.54, 1.807) is 0 Å². The van der Waals surface area contributed by atoms with Crippen LogP contribution in [0, 0.1) is 0 Å². The molecule has 0 aliphatic heterocycles. The minimum absolute atomic E-state index is 0.194. The number of hydrogen-bond donors (Lipinski definition) is 1. The highest BCUT2D eigenvalue weighted by atomic mass is 35.5. The van der Waals surface area contributed by atoms with Gasteiger partial charge < -0.3 is 5.73 Å². The number of hydrogen-bond acceptors (Lipinski definition) is 3. The summed E-state index contributed by atoms with van der Waals surface area (Å²) in [6, 6.07) is 4.41. The molecule has 0 atom stereocenters. The summed E-state index contributed by atoms with van der Waals surface area (Å²) < 4.78 is 26.2. The molecule has 4 nitrogen and oxygen atoms in total. The lowest BCUT2D eigenvalue weighted by Crippen LogP contribution is -2.31. The number of sulfonamides is 1. The predicted molar refractivity (Wildman–Crippen MR) is 75.2 cm³/mol. The van der Waals surface area contributed by atoms with Gasteiger partial charge in [0, 0.05) is 13.1 Å². The molecule has 0 aromatic heterocycles. The molecule has 0 amide bonds. The van der Waals surface area contributed by atoms with Crippen LogP contribution in [-0.4, -0.2) is 25.8 Å². The van der Waals surface area contributed by atoms with Crippen molar-refractivity contribution in [3.8, 4) is 0 Å². The zero-order valence-corrected chi connectivity index (χ0v) is 12.3. The second-order valence-electron chi connectivity index (χ2n) is 4.03. The van der Waals surface area contributed by atoms with E-state index in [-0.39, 0.29) is 9.92 Å². The van der Waals surface area contributed by atoms with Gasteiger partial charge in [-0.25, -0.2) is 8.42 Å². The first-order valence-electron chi connectivity index (χ1n) is 5.98. The number of benzene rings is 1. The molecule has 1 aromatic carbocycles.